The van der Waals surface area contributed by atoms with E-state index in [1.54, 1.807) is 21.0 Å². The van der Waals surface area contributed by atoms with Gasteiger partial charge in [0.15, 0.2) is 11.6 Å². The summed E-state index contributed by atoms with van der Waals surface area (Å²) in [6.45, 7) is 8.40. The maximum Gasteiger partial charge on any atom is 0.225 e. The van der Waals surface area contributed by atoms with Crippen molar-refractivity contribution in [2.45, 2.75) is 20.0 Å². The number of fused-ring (bicyclic) bond motifs is 1. The van der Waals surface area contributed by atoms with Crippen molar-refractivity contribution in [3.63, 3.8) is 0 Å². The van der Waals surface area contributed by atoms with Crippen LogP contribution < -0.4 is 21.3 Å². The number of aromatic nitrogens is 4. The lowest BCUT2D eigenvalue weighted by molar-refractivity contribution is 0.208. The lowest BCUT2D eigenvalue weighted by Gasteiger charge is -2.13. The van der Waals surface area contributed by atoms with Crippen LogP contribution in [0.2, 0.25) is 0 Å². The molecule has 0 saturated carbocycles. The Balaban J connectivity index is 0.00000312. The van der Waals surface area contributed by atoms with Crippen LogP contribution in [-0.2, 0) is 0 Å². The second-order valence-electron chi connectivity index (χ2n) is 5.53. The van der Waals surface area contributed by atoms with Crippen molar-refractivity contribution in [3.8, 4) is 0 Å². The molecule has 0 aliphatic rings. The van der Waals surface area contributed by atoms with Crippen LogP contribution in [0.4, 0.5) is 23.5 Å². The second kappa shape index (κ2) is 9.19. The molecule has 25 heavy (non-hydrogen) atoms. The molecule has 0 saturated heterocycles. The van der Waals surface area contributed by atoms with Crippen LogP contribution in [0.1, 0.15) is 13.8 Å². The summed E-state index contributed by atoms with van der Waals surface area (Å²) in [6, 6.07) is 0. The van der Waals surface area contributed by atoms with Gasteiger partial charge < -0.3 is 26.4 Å². The molecule has 0 aliphatic carbocycles. The number of rotatable bonds is 8. The lowest BCUT2D eigenvalue weighted by Crippen LogP contribution is -2.18. The van der Waals surface area contributed by atoms with Crippen molar-refractivity contribution >= 4 is 47.0 Å². The highest BCUT2D eigenvalue weighted by Crippen LogP contribution is 2.26. The second-order valence-corrected chi connectivity index (χ2v) is 5.53. The Morgan fingerprint density at radius 2 is 1.48 bits per heavy atom. The van der Waals surface area contributed by atoms with Gasteiger partial charge in [0.2, 0.25) is 11.9 Å². The van der Waals surface area contributed by atoms with E-state index in [1.165, 1.54) is 0 Å². The highest BCUT2D eigenvalue weighted by molar-refractivity contribution is 5.94. The van der Waals surface area contributed by atoms with Gasteiger partial charge >= 0.3 is 0 Å². The molecule has 1 unspecified atom stereocenters. The van der Waals surface area contributed by atoms with E-state index in [1.807, 2.05) is 6.92 Å². The molecule has 9 nitrogen and oxygen atoms in total. The Morgan fingerprint density at radius 3 is 1.88 bits per heavy atom. The molecular formula is C15H25ClN8O. The van der Waals surface area contributed by atoms with Gasteiger partial charge in [-0.25, -0.2) is 9.97 Å². The predicted octanol–water partition coefficient (Wildman–Crippen LogP) is 1.71. The van der Waals surface area contributed by atoms with Gasteiger partial charge in [-0.05, 0) is 13.8 Å². The Labute approximate surface area is 153 Å². The molecule has 0 fully saturated rings. The molecule has 2 heterocycles. The minimum atomic E-state index is -0.504. The SMILES string of the molecule is C=C(C)CNc1nc(NC)c2nc(NCC(C)O)nc(NC)c2n1.Cl. The largest absolute Gasteiger partial charge is 0.392 e. The van der Waals surface area contributed by atoms with Gasteiger partial charge in [-0.1, -0.05) is 12.2 Å². The molecule has 0 aromatic carbocycles. The van der Waals surface area contributed by atoms with Crippen LogP contribution in [0.5, 0.6) is 0 Å². The molecule has 1 atom stereocenters. The molecule has 2 aromatic rings. The first-order valence-corrected chi connectivity index (χ1v) is 7.70. The summed E-state index contributed by atoms with van der Waals surface area (Å²) in [4.78, 5) is 17.8. The fourth-order valence-corrected chi connectivity index (χ4v) is 1.99. The number of nitrogens with one attached hydrogen (secondary N) is 4. The van der Waals surface area contributed by atoms with Crippen LogP contribution in [-0.4, -0.2) is 58.3 Å². The van der Waals surface area contributed by atoms with Crippen molar-refractivity contribution in [2.75, 3.05) is 48.5 Å². The van der Waals surface area contributed by atoms with Crippen LogP contribution in [0.3, 0.4) is 0 Å². The van der Waals surface area contributed by atoms with E-state index >= 15 is 0 Å². The molecule has 138 valence electrons. The summed E-state index contributed by atoms with van der Waals surface area (Å²) < 4.78 is 0. The molecule has 0 aliphatic heterocycles. The van der Waals surface area contributed by atoms with Crippen molar-refractivity contribution in [1.29, 1.82) is 0 Å². The number of nitrogens with zero attached hydrogens (tertiary/aromatic N) is 4. The number of anilines is 4. The number of aliphatic hydroxyl groups is 1. The molecular weight excluding hydrogens is 344 g/mol. The number of hydrogen-bond acceptors (Lipinski definition) is 9. The molecule has 0 bridgehead atoms. The van der Waals surface area contributed by atoms with Crippen LogP contribution in [0.15, 0.2) is 12.2 Å². The zero-order valence-electron chi connectivity index (χ0n) is 14.8. The minimum absolute atomic E-state index is 0. The third-order valence-electron chi connectivity index (χ3n) is 3.12. The molecule has 10 heteroatoms. The van der Waals surface area contributed by atoms with Gasteiger partial charge in [0.1, 0.15) is 11.0 Å². The van der Waals surface area contributed by atoms with E-state index in [0.717, 1.165) is 5.57 Å². The summed E-state index contributed by atoms with van der Waals surface area (Å²) in [5.74, 6) is 2.03. The lowest BCUT2D eigenvalue weighted by atomic mass is 10.3. The van der Waals surface area contributed by atoms with Crippen molar-refractivity contribution in [3.05, 3.63) is 12.2 Å². The van der Waals surface area contributed by atoms with Gasteiger partial charge in [0.05, 0.1) is 6.10 Å². The Hall–Kier alpha value is -2.39. The van der Waals surface area contributed by atoms with E-state index in [9.17, 15) is 5.11 Å². The highest BCUT2D eigenvalue weighted by atomic mass is 35.5. The number of halogens is 1. The summed E-state index contributed by atoms with van der Waals surface area (Å²) in [7, 11) is 3.54. The maximum absolute atomic E-state index is 9.41. The third kappa shape index (κ3) is 5.30. The van der Waals surface area contributed by atoms with E-state index in [2.05, 4.69) is 47.8 Å². The zero-order valence-corrected chi connectivity index (χ0v) is 15.7. The van der Waals surface area contributed by atoms with E-state index < -0.39 is 6.10 Å². The topological polar surface area (TPSA) is 120 Å². The standard InChI is InChI=1S/C15H24N8O.ClH/c1-8(2)6-18-14-20-10-11(12(16-4)22-14)21-15(19-7-9(3)24)23-13(10)17-5;/h9,24H,1,6-7H2,2-5H3,(H2,16,18,20,22)(H2,17,19,21,23);1H. The fraction of sp³-hybridized carbons (Fsp3) is 0.467. The van der Waals surface area contributed by atoms with Gasteiger partial charge in [-0.3, -0.25) is 0 Å². The predicted molar refractivity (Wildman–Crippen MR) is 105 cm³/mol. The number of hydrogen-bond donors (Lipinski definition) is 5. The molecule has 0 amide bonds. The Bertz CT molecular complexity index is 737. The Morgan fingerprint density at radius 1 is 1.00 bits per heavy atom. The summed E-state index contributed by atoms with van der Waals surface area (Å²) >= 11 is 0. The van der Waals surface area contributed by atoms with Gasteiger partial charge in [-0.2, -0.15) is 9.97 Å². The first-order valence-electron chi connectivity index (χ1n) is 7.70. The van der Waals surface area contributed by atoms with Crippen molar-refractivity contribution < 1.29 is 5.11 Å². The van der Waals surface area contributed by atoms with Crippen molar-refractivity contribution in [1.82, 2.24) is 19.9 Å². The first kappa shape index (κ1) is 20.7. The first-order chi connectivity index (χ1) is 11.4. The average molecular weight is 369 g/mol. The molecule has 0 spiro atoms. The Kier molecular flexibility index (Phi) is 7.59. The smallest absolute Gasteiger partial charge is 0.225 e. The molecule has 0 radical (unpaired) electrons. The summed E-state index contributed by atoms with van der Waals surface area (Å²) in [5, 5.41) is 21.6. The minimum Gasteiger partial charge on any atom is -0.392 e. The van der Waals surface area contributed by atoms with E-state index in [-0.39, 0.29) is 12.4 Å². The van der Waals surface area contributed by atoms with E-state index in [4.69, 9.17) is 0 Å². The zero-order chi connectivity index (χ0) is 17.7. The monoisotopic (exact) mass is 368 g/mol. The number of aliphatic hydroxyl groups excluding tert-OH is 1. The highest BCUT2D eigenvalue weighted by Gasteiger charge is 2.15. The molecule has 2 rings (SSSR count). The van der Waals surface area contributed by atoms with Gasteiger partial charge in [0, 0.05) is 27.2 Å². The molecule has 5 N–H and O–H groups in total. The van der Waals surface area contributed by atoms with Gasteiger partial charge in [-0.15, -0.1) is 12.4 Å². The van der Waals surface area contributed by atoms with Crippen molar-refractivity contribution in [2.24, 2.45) is 0 Å². The third-order valence-corrected chi connectivity index (χ3v) is 3.12. The quantitative estimate of drug-likeness (QED) is 0.443. The fourth-order valence-electron chi connectivity index (χ4n) is 1.99. The normalized spacial score (nSPS) is 11.4. The maximum atomic E-state index is 9.41. The van der Waals surface area contributed by atoms with Crippen LogP contribution in [0, 0.1) is 0 Å². The van der Waals surface area contributed by atoms with Crippen LogP contribution >= 0.6 is 12.4 Å². The van der Waals surface area contributed by atoms with Gasteiger partial charge in [0.25, 0.3) is 0 Å². The average Bonchev–Trinajstić information content (AvgIpc) is 2.56. The van der Waals surface area contributed by atoms with Crippen LogP contribution in [0.25, 0.3) is 11.0 Å². The molecule has 2 aromatic heterocycles. The summed E-state index contributed by atoms with van der Waals surface area (Å²) in [6.07, 6.45) is -0.504. The van der Waals surface area contributed by atoms with E-state index in [0.29, 0.717) is 47.7 Å². The summed E-state index contributed by atoms with van der Waals surface area (Å²) in [5.41, 5.74) is 2.17.